The first kappa shape index (κ1) is 23.0. The first-order chi connectivity index (χ1) is 15.6. The lowest BCUT2D eigenvalue weighted by molar-refractivity contribution is -0.118. The van der Waals surface area contributed by atoms with Crippen LogP contribution in [0.3, 0.4) is 0 Å². The predicted octanol–water partition coefficient (Wildman–Crippen LogP) is 4.80. The highest BCUT2D eigenvalue weighted by Crippen LogP contribution is 2.47. The lowest BCUT2D eigenvalue weighted by Gasteiger charge is -2.39. The molecule has 0 radical (unpaired) electrons. The van der Waals surface area contributed by atoms with E-state index in [1.807, 2.05) is 6.92 Å². The first-order valence-corrected chi connectivity index (χ1v) is 11.4. The number of amides is 1. The summed E-state index contributed by atoms with van der Waals surface area (Å²) >= 11 is 3.34. The predicted molar refractivity (Wildman–Crippen MR) is 129 cm³/mol. The van der Waals surface area contributed by atoms with Gasteiger partial charge in [-0.1, -0.05) is 19.9 Å². The smallest absolute Gasteiger partial charge is 0.255 e. The van der Waals surface area contributed by atoms with Crippen LogP contribution in [-0.4, -0.2) is 28.9 Å². The molecule has 0 saturated carbocycles. The number of carbonyl (C=O) groups excluding carboxylic acids is 2. The highest BCUT2D eigenvalue weighted by Gasteiger charge is 2.42. The summed E-state index contributed by atoms with van der Waals surface area (Å²) in [7, 11) is 1.47. The fourth-order valence-corrected chi connectivity index (χ4v) is 4.81. The molecule has 7 nitrogen and oxygen atoms in total. The maximum absolute atomic E-state index is 13.5. The van der Waals surface area contributed by atoms with Crippen molar-refractivity contribution in [2.24, 2.45) is 5.41 Å². The summed E-state index contributed by atoms with van der Waals surface area (Å²) in [4.78, 5) is 31.1. The molecule has 0 bridgehead atoms. The van der Waals surface area contributed by atoms with E-state index in [1.165, 1.54) is 13.2 Å². The third kappa shape index (κ3) is 4.53. The highest BCUT2D eigenvalue weighted by atomic mass is 79.9. The largest absolute Gasteiger partial charge is 0.504 e. The molecule has 1 amide bonds. The zero-order valence-electron chi connectivity index (χ0n) is 19.0. The Morgan fingerprint density at radius 2 is 2.03 bits per heavy atom. The molecule has 1 aromatic carbocycles. The van der Waals surface area contributed by atoms with Crippen LogP contribution >= 0.6 is 15.9 Å². The Hall–Kier alpha value is -3.13. The lowest BCUT2D eigenvalue weighted by atomic mass is 9.68. The molecule has 8 heteroatoms. The van der Waals surface area contributed by atoms with E-state index in [-0.39, 0.29) is 28.6 Å². The molecular formula is C25H26BrN3O4. The maximum Gasteiger partial charge on any atom is 0.255 e. The van der Waals surface area contributed by atoms with Crippen LogP contribution in [0.2, 0.25) is 0 Å². The van der Waals surface area contributed by atoms with Crippen molar-refractivity contribution in [2.45, 2.75) is 39.5 Å². The number of dihydropyridines is 1. The number of halogens is 1. The van der Waals surface area contributed by atoms with Crippen LogP contribution in [0.15, 0.2) is 63.5 Å². The minimum atomic E-state index is -0.602. The summed E-state index contributed by atoms with van der Waals surface area (Å²) in [5.41, 5.74) is 3.04. The second kappa shape index (κ2) is 8.67. The molecule has 1 aliphatic heterocycles. The van der Waals surface area contributed by atoms with Gasteiger partial charge in [-0.2, -0.15) is 0 Å². The van der Waals surface area contributed by atoms with E-state index in [1.54, 1.807) is 30.5 Å². The Kier molecular flexibility index (Phi) is 6.05. The van der Waals surface area contributed by atoms with Crippen molar-refractivity contribution in [2.75, 3.05) is 12.4 Å². The van der Waals surface area contributed by atoms with Gasteiger partial charge < -0.3 is 20.5 Å². The Balaban J connectivity index is 1.83. The number of rotatable bonds is 4. The van der Waals surface area contributed by atoms with Crippen LogP contribution in [-0.2, 0) is 9.59 Å². The lowest BCUT2D eigenvalue weighted by Crippen LogP contribution is -2.39. The zero-order chi connectivity index (χ0) is 23.9. The maximum atomic E-state index is 13.5. The van der Waals surface area contributed by atoms with Gasteiger partial charge in [-0.25, -0.2) is 4.98 Å². The zero-order valence-corrected chi connectivity index (χ0v) is 20.5. The molecule has 2 aliphatic rings. The number of anilines is 1. The van der Waals surface area contributed by atoms with Gasteiger partial charge in [0.25, 0.3) is 5.91 Å². The molecular weight excluding hydrogens is 486 g/mol. The summed E-state index contributed by atoms with van der Waals surface area (Å²) in [6.45, 7) is 5.97. The van der Waals surface area contributed by atoms with E-state index in [2.05, 4.69) is 45.4 Å². The number of hydrogen-bond donors (Lipinski definition) is 3. The molecule has 1 aliphatic carbocycles. The number of nitrogens with one attached hydrogen (secondary N) is 2. The SMILES string of the molecule is COc1cc([C@H]2C(C(=O)Nc3ccc(Br)cn3)=C(C)NC3=C2C(=O)CC(C)(C)C3)ccc1O. The number of methoxy groups -OCH3 is 1. The van der Waals surface area contributed by atoms with Gasteiger partial charge in [-0.05, 0) is 64.5 Å². The summed E-state index contributed by atoms with van der Waals surface area (Å²) in [5.74, 6) is -0.271. The van der Waals surface area contributed by atoms with Gasteiger partial charge in [-0.15, -0.1) is 0 Å². The fourth-order valence-electron chi connectivity index (χ4n) is 4.58. The number of pyridine rings is 1. The standard InChI is InChI=1S/C25H26BrN3O4/c1-13-21(24(32)29-20-8-6-15(26)12-27-20)22(14-5-7-17(30)19(9-14)33-4)23-16(28-13)10-25(2,3)11-18(23)31/h5-9,12,22,28,30H,10-11H2,1-4H3,(H,27,29,32)/t22-/m0/s1. The van der Waals surface area contributed by atoms with Crippen molar-refractivity contribution < 1.29 is 19.4 Å². The number of aromatic nitrogens is 1. The Labute approximate surface area is 201 Å². The molecule has 0 saturated heterocycles. The third-order valence-electron chi connectivity index (χ3n) is 5.99. The van der Waals surface area contributed by atoms with Crippen LogP contribution < -0.4 is 15.4 Å². The van der Waals surface area contributed by atoms with Crippen LogP contribution in [0.25, 0.3) is 0 Å². The molecule has 3 N–H and O–H groups in total. The van der Waals surface area contributed by atoms with E-state index in [4.69, 9.17) is 4.74 Å². The van der Waals surface area contributed by atoms with Crippen molar-refractivity contribution in [1.82, 2.24) is 10.3 Å². The van der Waals surface area contributed by atoms with Gasteiger partial charge in [0.2, 0.25) is 0 Å². The summed E-state index contributed by atoms with van der Waals surface area (Å²) in [6, 6.07) is 8.42. The minimum Gasteiger partial charge on any atom is -0.504 e. The number of phenols is 1. The first-order valence-electron chi connectivity index (χ1n) is 10.6. The third-order valence-corrected chi connectivity index (χ3v) is 6.46. The van der Waals surface area contributed by atoms with Gasteiger partial charge >= 0.3 is 0 Å². The molecule has 0 unspecified atom stereocenters. The number of Topliss-reactive ketones (excluding diaryl/α,β-unsaturated/α-hetero) is 1. The Morgan fingerprint density at radius 3 is 2.70 bits per heavy atom. The number of aromatic hydroxyl groups is 1. The molecule has 1 aromatic heterocycles. The molecule has 172 valence electrons. The molecule has 0 fully saturated rings. The van der Waals surface area contributed by atoms with E-state index in [0.29, 0.717) is 41.1 Å². The summed E-state index contributed by atoms with van der Waals surface area (Å²) < 4.78 is 6.10. The summed E-state index contributed by atoms with van der Waals surface area (Å²) in [5, 5.41) is 16.3. The second-order valence-electron chi connectivity index (χ2n) is 9.18. The number of ketones is 1. The van der Waals surface area contributed by atoms with Crippen molar-refractivity contribution in [3.05, 3.63) is 69.1 Å². The molecule has 1 atom stereocenters. The number of allylic oxidation sites excluding steroid dienone is 3. The normalized spacial score (nSPS) is 19.7. The second-order valence-corrected chi connectivity index (χ2v) is 10.1. The van der Waals surface area contributed by atoms with Crippen molar-refractivity contribution in [3.63, 3.8) is 0 Å². The number of benzene rings is 1. The van der Waals surface area contributed by atoms with Crippen molar-refractivity contribution in [1.29, 1.82) is 0 Å². The van der Waals surface area contributed by atoms with E-state index >= 15 is 0 Å². The molecule has 33 heavy (non-hydrogen) atoms. The average Bonchev–Trinajstić information content (AvgIpc) is 2.73. The quantitative estimate of drug-likeness (QED) is 0.544. The number of ether oxygens (including phenoxy) is 1. The molecule has 2 heterocycles. The van der Waals surface area contributed by atoms with E-state index < -0.39 is 5.92 Å². The molecule has 4 rings (SSSR count). The van der Waals surface area contributed by atoms with Crippen molar-refractivity contribution >= 4 is 33.4 Å². The Morgan fingerprint density at radius 1 is 1.27 bits per heavy atom. The monoisotopic (exact) mass is 511 g/mol. The fraction of sp³-hybridized carbons (Fsp3) is 0.320. The minimum absolute atomic E-state index is 0.00496. The Bertz CT molecular complexity index is 1200. The van der Waals surface area contributed by atoms with Gasteiger partial charge in [0, 0.05) is 45.5 Å². The van der Waals surface area contributed by atoms with Crippen LogP contribution in [0, 0.1) is 5.41 Å². The summed E-state index contributed by atoms with van der Waals surface area (Å²) in [6.07, 6.45) is 2.69. The topological polar surface area (TPSA) is 101 Å². The van der Waals surface area contributed by atoms with Crippen molar-refractivity contribution in [3.8, 4) is 11.5 Å². The number of nitrogens with zero attached hydrogens (tertiary/aromatic N) is 1. The van der Waals surface area contributed by atoms with Crippen LogP contribution in [0.5, 0.6) is 11.5 Å². The van der Waals surface area contributed by atoms with Gasteiger partial charge in [-0.3, -0.25) is 9.59 Å². The number of hydrogen-bond acceptors (Lipinski definition) is 6. The molecule has 0 spiro atoms. The van der Waals surface area contributed by atoms with E-state index in [0.717, 1.165) is 10.2 Å². The molecule has 2 aromatic rings. The highest BCUT2D eigenvalue weighted by molar-refractivity contribution is 9.10. The number of carbonyl (C=O) groups is 2. The van der Waals surface area contributed by atoms with E-state index in [9.17, 15) is 14.7 Å². The van der Waals surface area contributed by atoms with Crippen LogP contribution in [0.4, 0.5) is 5.82 Å². The van der Waals surface area contributed by atoms with Gasteiger partial charge in [0.1, 0.15) is 5.82 Å². The van der Waals surface area contributed by atoms with Crippen LogP contribution in [0.1, 0.15) is 45.1 Å². The van der Waals surface area contributed by atoms with Gasteiger partial charge in [0.15, 0.2) is 17.3 Å². The average molecular weight is 512 g/mol. The van der Waals surface area contributed by atoms with Gasteiger partial charge in [0.05, 0.1) is 7.11 Å². The number of phenolic OH excluding ortho intramolecular Hbond substituents is 1.